The highest BCUT2D eigenvalue weighted by Crippen LogP contribution is 2.28. The molecule has 4 nitrogen and oxygen atoms in total. The Morgan fingerprint density at radius 2 is 1.96 bits per heavy atom. The van der Waals surface area contributed by atoms with Gasteiger partial charge in [0, 0.05) is 29.3 Å². The quantitative estimate of drug-likeness (QED) is 0.668. The Morgan fingerprint density at radius 1 is 1.14 bits per heavy atom. The van der Waals surface area contributed by atoms with E-state index in [1.165, 1.54) is 16.1 Å². The number of hydrogen-bond donors (Lipinski definition) is 1. The maximum Gasteiger partial charge on any atom is 0.262 e. The van der Waals surface area contributed by atoms with E-state index in [2.05, 4.69) is 33.8 Å². The van der Waals surface area contributed by atoms with Gasteiger partial charge in [-0.15, -0.1) is 11.3 Å². The largest absolute Gasteiger partial charge is 0.483 e. The van der Waals surface area contributed by atoms with E-state index in [4.69, 9.17) is 4.74 Å². The van der Waals surface area contributed by atoms with Crippen LogP contribution < -0.4 is 15.0 Å². The van der Waals surface area contributed by atoms with Crippen LogP contribution in [0.25, 0.3) is 0 Å². The van der Waals surface area contributed by atoms with Gasteiger partial charge in [-0.25, -0.2) is 0 Å². The standard InChI is InChI=1S/C23H24N2O2S/c1-16-3-4-17(2)21(13-16)27-15-23(26)24-19-5-7-20(8-6-19)25-11-9-22-18(14-25)10-12-28-22/h3-8,10,12-13H,9,11,14-15H2,1-2H3,(H,24,26). The van der Waals surface area contributed by atoms with Crippen molar-refractivity contribution in [1.29, 1.82) is 0 Å². The number of carbonyl (C=O) groups excluding carboxylic acids is 1. The van der Waals surface area contributed by atoms with E-state index in [1.807, 2.05) is 55.5 Å². The number of anilines is 2. The fraction of sp³-hybridized carbons (Fsp3) is 0.261. The smallest absolute Gasteiger partial charge is 0.262 e. The first kappa shape index (κ1) is 18.6. The Bertz CT molecular complexity index is 979. The summed E-state index contributed by atoms with van der Waals surface area (Å²) in [5, 5.41) is 5.08. The molecule has 0 bridgehead atoms. The van der Waals surface area contributed by atoms with Crippen LogP contribution in [-0.4, -0.2) is 19.1 Å². The van der Waals surface area contributed by atoms with Gasteiger partial charge in [-0.05, 0) is 78.7 Å². The summed E-state index contributed by atoms with van der Waals surface area (Å²) >= 11 is 1.85. The van der Waals surface area contributed by atoms with Crippen LogP contribution in [-0.2, 0) is 17.8 Å². The minimum Gasteiger partial charge on any atom is -0.483 e. The molecule has 3 aromatic rings. The van der Waals surface area contributed by atoms with Gasteiger partial charge in [-0.1, -0.05) is 12.1 Å². The molecule has 0 spiro atoms. The van der Waals surface area contributed by atoms with Crippen LogP contribution in [0.2, 0.25) is 0 Å². The summed E-state index contributed by atoms with van der Waals surface area (Å²) in [6.45, 7) is 5.97. The van der Waals surface area contributed by atoms with Crippen molar-refractivity contribution in [1.82, 2.24) is 0 Å². The molecule has 0 saturated carbocycles. The molecule has 0 unspecified atom stereocenters. The minimum absolute atomic E-state index is 0.000890. The molecule has 0 radical (unpaired) electrons. The summed E-state index contributed by atoms with van der Waals surface area (Å²) in [6.07, 6.45) is 1.10. The van der Waals surface area contributed by atoms with Crippen molar-refractivity contribution in [2.24, 2.45) is 0 Å². The van der Waals surface area contributed by atoms with E-state index in [0.29, 0.717) is 0 Å². The number of benzene rings is 2. The number of carbonyl (C=O) groups is 1. The van der Waals surface area contributed by atoms with Gasteiger partial charge < -0.3 is 15.0 Å². The number of nitrogens with zero attached hydrogens (tertiary/aromatic N) is 1. The molecule has 0 aliphatic carbocycles. The number of aryl methyl sites for hydroxylation is 2. The predicted octanol–water partition coefficient (Wildman–Crippen LogP) is 4.95. The van der Waals surface area contributed by atoms with E-state index in [-0.39, 0.29) is 12.5 Å². The van der Waals surface area contributed by atoms with Crippen LogP contribution in [0.15, 0.2) is 53.9 Å². The Balaban J connectivity index is 1.33. The number of ether oxygens (including phenoxy) is 1. The van der Waals surface area contributed by atoms with E-state index in [1.54, 1.807) is 0 Å². The number of rotatable bonds is 5. The summed E-state index contributed by atoms with van der Waals surface area (Å²) in [4.78, 5) is 16.1. The van der Waals surface area contributed by atoms with Gasteiger partial charge in [-0.2, -0.15) is 0 Å². The summed E-state index contributed by atoms with van der Waals surface area (Å²) in [7, 11) is 0. The number of nitrogens with one attached hydrogen (secondary N) is 1. The molecule has 2 aromatic carbocycles. The highest BCUT2D eigenvalue weighted by molar-refractivity contribution is 7.10. The Hall–Kier alpha value is -2.79. The third kappa shape index (κ3) is 4.20. The predicted molar refractivity (Wildman–Crippen MR) is 116 cm³/mol. The summed E-state index contributed by atoms with van der Waals surface area (Å²) in [5.74, 6) is 0.595. The average Bonchev–Trinajstić information content (AvgIpc) is 3.17. The second kappa shape index (κ2) is 8.07. The van der Waals surface area contributed by atoms with Crippen LogP contribution in [0.1, 0.15) is 21.6 Å². The van der Waals surface area contributed by atoms with Crippen LogP contribution in [0.5, 0.6) is 5.75 Å². The molecule has 144 valence electrons. The van der Waals surface area contributed by atoms with Crippen LogP contribution in [0.4, 0.5) is 11.4 Å². The summed E-state index contributed by atoms with van der Waals surface area (Å²) in [5.41, 5.74) is 5.53. The van der Waals surface area contributed by atoms with Crippen LogP contribution in [0.3, 0.4) is 0 Å². The normalized spacial score (nSPS) is 13.1. The zero-order valence-electron chi connectivity index (χ0n) is 16.2. The molecule has 1 aliphatic rings. The molecule has 1 aromatic heterocycles. The zero-order valence-corrected chi connectivity index (χ0v) is 17.0. The Labute approximate surface area is 169 Å². The van der Waals surface area contributed by atoms with Crippen LogP contribution in [0, 0.1) is 13.8 Å². The number of amides is 1. The molecule has 28 heavy (non-hydrogen) atoms. The number of thiophene rings is 1. The zero-order chi connectivity index (χ0) is 19.5. The lowest BCUT2D eigenvalue weighted by Crippen LogP contribution is -2.29. The SMILES string of the molecule is Cc1ccc(C)c(OCC(=O)Nc2ccc(N3CCc4sccc4C3)cc2)c1. The molecule has 1 amide bonds. The van der Waals surface area contributed by atoms with Gasteiger partial charge in [0.1, 0.15) is 5.75 Å². The van der Waals surface area contributed by atoms with Gasteiger partial charge in [0.05, 0.1) is 0 Å². The fourth-order valence-electron chi connectivity index (χ4n) is 3.43. The lowest BCUT2D eigenvalue weighted by atomic mass is 10.1. The molecule has 2 heterocycles. The van der Waals surface area contributed by atoms with E-state index in [9.17, 15) is 4.79 Å². The Morgan fingerprint density at radius 3 is 2.79 bits per heavy atom. The molecular formula is C23H24N2O2S. The van der Waals surface area contributed by atoms with Crippen molar-refractivity contribution in [3.63, 3.8) is 0 Å². The molecule has 4 rings (SSSR count). The molecule has 0 saturated heterocycles. The minimum atomic E-state index is -0.158. The first-order valence-electron chi connectivity index (χ1n) is 9.48. The van der Waals surface area contributed by atoms with Gasteiger partial charge in [0.25, 0.3) is 5.91 Å². The van der Waals surface area contributed by atoms with Crippen molar-refractivity contribution in [3.8, 4) is 5.75 Å². The molecular weight excluding hydrogens is 368 g/mol. The summed E-state index contributed by atoms with van der Waals surface area (Å²) in [6, 6.07) is 16.2. The van der Waals surface area contributed by atoms with Gasteiger partial charge in [0.15, 0.2) is 6.61 Å². The van der Waals surface area contributed by atoms with Crippen molar-refractivity contribution >= 4 is 28.6 Å². The van der Waals surface area contributed by atoms with Crippen molar-refractivity contribution in [2.75, 3.05) is 23.4 Å². The summed E-state index contributed by atoms with van der Waals surface area (Å²) < 4.78 is 5.68. The second-order valence-electron chi connectivity index (χ2n) is 7.19. The van der Waals surface area contributed by atoms with Crippen LogP contribution >= 0.6 is 11.3 Å². The average molecular weight is 393 g/mol. The van der Waals surface area contributed by atoms with Crippen molar-refractivity contribution in [3.05, 3.63) is 75.5 Å². The number of hydrogen-bond acceptors (Lipinski definition) is 4. The highest BCUT2D eigenvalue weighted by atomic mass is 32.1. The third-order valence-electron chi connectivity index (χ3n) is 5.03. The topological polar surface area (TPSA) is 41.6 Å². The van der Waals surface area contributed by atoms with Crippen molar-refractivity contribution < 1.29 is 9.53 Å². The first-order chi connectivity index (χ1) is 13.6. The van der Waals surface area contributed by atoms with E-state index < -0.39 is 0 Å². The fourth-order valence-corrected chi connectivity index (χ4v) is 4.32. The molecule has 1 aliphatic heterocycles. The monoisotopic (exact) mass is 392 g/mol. The lowest BCUT2D eigenvalue weighted by molar-refractivity contribution is -0.118. The first-order valence-corrected chi connectivity index (χ1v) is 10.4. The van der Waals surface area contributed by atoms with E-state index in [0.717, 1.165) is 42.1 Å². The maximum absolute atomic E-state index is 12.2. The van der Waals surface area contributed by atoms with E-state index >= 15 is 0 Å². The molecule has 0 atom stereocenters. The van der Waals surface area contributed by atoms with Gasteiger partial charge >= 0.3 is 0 Å². The second-order valence-corrected chi connectivity index (χ2v) is 8.19. The number of fused-ring (bicyclic) bond motifs is 1. The lowest BCUT2D eigenvalue weighted by Gasteiger charge is -2.29. The molecule has 1 N–H and O–H groups in total. The van der Waals surface area contributed by atoms with Crippen molar-refractivity contribution in [2.45, 2.75) is 26.8 Å². The third-order valence-corrected chi connectivity index (χ3v) is 6.05. The van der Waals surface area contributed by atoms with Gasteiger partial charge in [-0.3, -0.25) is 4.79 Å². The maximum atomic E-state index is 12.2. The van der Waals surface area contributed by atoms with Gasteiger partial charge in [0.2, 0.25) is 0 Å². The Kier molecular flexibility index (Phi) is 5.35. The molecule has 0 fully saturated rings. The molecule has 5 heteroatoms. The highest BCUT2D eigenvalue weighted by Gasteiger charge is 2.17.